The standard InChI is InChI=1S/C30H32F3NO2/c1-28(2)16-24(20-11-8-12-21(13-20)30(31,32)33)22-14-23-25(34-18-19-9-6-5-7-10-19)17-29(3,4)36-27(23)15-26(22)35-28/h5-15,24-25,34H,16-18H2,1-4H3. The molecule has 2 atom stereocenters. The Kier molecular flexibility index (Phi) is 6.06. The van der Waals surface area contributed by atoms with Crippen LogP contribution in [0.1, 0.15) is 80.3 Å². The molecule has 3 nitrogen and oxygen atoms in total. The maximum atomic E-state index is 13.5. The lowest BCUT2D eigenvalue weighted by Gasteiger charge is -2.42. The van der Waals surface area contributed by atoms with Gasteiger partial charge >= 0.3 is 6.18 Å². The zero-order valence-corrected chi connectivity index (χ0v) is 21.1. The van der Waals surface area contributed by atoms with E-state index < -0.39 is 17.3 Å². The number of halogens is 3. The Labute approximate surface area is 210 Å². The zero-order valence-electron chi connectivity index (χ0n) is 21.1. The molecule has 0 fully saturated rings. The molecule has 0 amide bonds. The Morgan fingerprint density at radius 2 is 1.47 bits per heavy atom. The topological polar surface area (TPSA) is 30.5 Å². The molecule has 0 saturated heterocycles. The molecule has 1 N–H and O–H groups in total. The fraction of sp³-hybridized carbons (Fsp3) is 0.400. The average molecular weight is 496 g/mol. The molecule has 0 spiro atoms. The quantitative estimate of drug-likeness (QED) is 0.401. The van der Waals surface area contributed by atoms with E-state index >= 15 is 0 Å². The number of fused-ring (bicyclic) bond motifs is 2. The van der Waals surface area contributed by atoms with E-state index in [0.717, 1.165) is 29.4 Å². The van der Waals surface area contributed by atoms with Gasteiger partial charge in [0, 0.05) is 42.1 Å². The number of benzene rings is 3. The molecule has 0 saturated carbocycles. The third-order valence-corrected chi connectivity index (χ3v) is 7.07. The predicted molar refractivity (Wildman–Crippen MR) is 134 cm³/mol. The van der Waals surface area contributed by atoms with E-state index in [-0.39, 0.29) is 17.6 Å². The van der Waals surface area contributed by atoms with Crippen LogP contribution in [0.25, 0.3) is 0 Å². The van der Waals surface area contributed by atoms with Crippen LogP contribution in [0.3, 0.4) is 0 Å². The van der Waals surface area contributed by atoms with E-state index in [9.17, 15) is 13.2 Å². The van der Waals surface area contributed by atoms with Crippen molar-refractivity contribution in [3.05, 3.63) is 94.5 Å². The van der Waals surface area contributed by atoms with E-state index in [2.05, 4.69) is 37.4 Å². The van der Waals surface area contributed by atoms with Gasteiger partial charge in [-0.3, -0.25) is 0 Å². The molecule has 0 radical (unpaired) electrons. The summed E-state index contributed by atoms with van der Waals surface area (Å²) in [6.07, 6.45) is -3.04. The number of nitrogens with one attached hydrogen (secondary N) is 1. The Hall–Kier alpha value is -2.99. The molecule has 2 heterocycles. The molecule has 0 bridgehead atoms. The van der Waals surface area contributed by atoms with E-state index in [0.29, 0.717) is 24.3 Å². The van der Waals surface area contributed by atoms with Crippen LogP contribution in [-0.4, -0.2) is 11.2 Å². The molecule has 6 heteroatoms. The van der Waals surface area contributed by atoms with Gasteiger partial charge in [0.1, 0.15) is 22.7 Å². The number of rotatable bonds is 4. The average Bonchev–Trinajstić information content (AvgIpc) is 2.80. The van der Waals surface area contributed by atoms with Gasteiger partial charge in [-0.25, -0.2) is 0 Å². The zero-order chi connectivity index (χ0) is 25.7. The second-order valence-electron chi connectivity index (χ2n) is 11.2. The van der Waals surface area contributed by atoms with Crippen molar-refractivity contribution in [1.82, 2.24) is 5.32 Å². The summed E-state index contributed by atoms with van der Waals surface area (Å²) in [7, 11) is 0. The minimum atomic E-state index is -4.39. The van der Waals surface area contributed by atoms with Gasteiger partial charge in [-0.15, -0.1) is 0 Å². The van der Waals surface area contributed by atoms with Crippen LogP contribution in [-0.2, 0) is 12.7 Å². The van der Waals surface area contributed by atoms with Crippen molar-refractivity contribution < 1.29 is 22.6 Å². The monoisotopic (exact) mass is 495 g/mol. The maximum absolute atomic E-state index is 13.5. The van der Waals surface area contributed by atoms with Crippen molar-refractivity contribution in [1.29, 1.82) is 0 Å². The Morgan fingerprint density at radius 1 is 0.806 bits per heavy atom. The first-order valence-electron chi connectivity index (χ1n) is 12.4. The predicted octanol–water partition coefficient (Wildman–Crippen LogP) is 7.79. The van der Waals surface area contributed by atoms with E-state index in [1.54, 1.807) is 6.07 Å². The molecule has 2 aliphatic rings. The lowest BCUT2D eigenvalue weighted by atomic mass is 9.78. The summed E-state index contributed by atoms with van der Waals surface area (Å²) in [5.41, 5.74) is 2.22. The van der Waals surface area contributed by atoms with Crippen LogP contribution in [0.15, 0.2) is 66.7 Å². The summed E-state index contributed by atoms with van der Waals surface area (Å²) >= 11 is 0. The van der Waals surface area contributed by atoms with E-state index in [1.165, 1.54) is 17.7 Å². The Morgan fingerprint density at radius 3 is 2.17 bits per heavy atom. The molecular weight excluding hydrogens is 463 g/mol. The first-order chi connectivity index (χ1) is 16.9. The first-order valence-corrected chi connectivity index (χ1v) is 12.4. The number of alkyl halides is 3. The highest BCUT2D eigenvalue weighted by Gasteiger charge is 2.40. The lowest BCUT2D eigenvalue weighted by molar-refractivity contribution is -0.137. The third-order valence-electron chi connectivity index (χ3n) is 7.07. The molecule has 5 rings (SSSR count). The summed E-state index contributed by atoms with van der Waals surface area (Å²) in [4.78, 5) is 0. The summed E-state index contributed by atoms with van der Waals surface area (Å²) in [6.45, 7) is 8.81. The van der Waals surface area contributed by atoms with Crippen LogP contribution < -0.4 is 14.8 Å². The van der Waals surface area contributed by atoms with Gasteiger partial charge in [0.15, 0.2) is 0 Å². The van der Waals surface area contributed by atoms with E-state index in [4.69, 9.17) is 9.47 Å². The van der Waals surface area contributed by atoms with Crippen molar-refractivity contribution in [3.8, 4) is 11.5 Å². The van der Waals surface area contributed by atoms with Crippen molar-refractivity contribution in [3.63, 3.8) is 0 Å². The minimum absolute atomic E-state index is 0.0337. The Balaban J connectivity index is 1.56. The van der Waals surface area contributed by atoms with E-state index in [1.807, 2.05) is 38.1 Å². The van der Waals surface area contributed by atoms with Crippen LogP contribution in [0.5, 0.6) is 11.5 Å². The van der Waals surface area contributed by atoms with Crippen LogP contribution in [0.2, 0.25) is 0 Å². The third kappa shape index (κ3) is 5.10. The van der Waals surface area contributed by atoms with Crippen molar-refractivity contribution in [2.45, 2.75) is 76.4 Å². The number of hydrogen-bond donors (Lipinski definition) is 1. The molecule has 190 valence electrons. The summed E-state index contributed by atoms with van der Waals surface area (Å²) in [5.74, 6) is 1.21. The van der Waals surface area contributed by atoms with Gasteiger partial charge in [0.2, 0.25) is 0 Å². The van der Waals surface area contributed by atoms with Crippen molar-refractivity contribution in [2.24, 2.45) is 0 Å². The molecule has 2 unspecified atom stereocenters. The number of hydrogen-bond acceptors (Lipinski definition) is 3. The molecule has 3 aromatic carbocycles. The van der Waals surface area contributed by atoms with Crippen LogP contribution in [0, 0.1) is 0 Å². The molecule has 2 aliphatic heterocycles. The highest BCUT2D eigenvalue weighted by atomic mass is 19.4. The summed E-state index contributed by atoms with van der Waals surface area (Å²) in [6, 6.07) is 20.0. The molecular formula is C30H32F3NO2. The second kappa shape index (κ2) is 8.84. The van der Waals surface area contributed by atoms with Crippen molar-refractivity contribution in [2.75, 3.05) is 0 Å². The SMILES string of the molecule is CC1(C)CC(NCc2ccccc2)c2cc3c(cc2O1)OC(C)(C)CC3c1cccc(C(F)(F)F)c1. The largest absolute Gasteiger partial charge is 0.487 e. The highest BCUT2D eigenvalue weighted by molar-refractivity contribution is 5.54. The molecule has 3 aromatic rings. The highest BCUT2D eigenvalue weighted by Crippen LogP contribution is 2.50. The van der Waals surface area contributed by atoms with Crippen LogP contribution in [0.4, 0.5) is 13.2 Å². The molecule has 36 heavy (non-hydrogen) atoms. The smallest absolute Gasteiger partial charge is 0.416 e. The van der Waals surface area contributed by atoms with Crippen molar-refractivity contribution >= 4 is 0 Å². The maximum Gasteiger partial charge on any atom is 0.416 e. The number of ether oxygens (including phenoxy) is 2. The second-order valence-corrected chi connectivity index (χ2v) is 11.2. The van der Waals surface area contributed by atoms with Gasteiger partial charge in [-0.2, -0.15) is 13.2 Å². The minimum Gasteiger partial charge on any atom is -0.487 e. The molecule has 0 aliphatic carbocycles. The molecule has 0 aromatic heterocycles. The van der Waals surface area contributed by atoms with Gasteiger partial charge in [0.25, 0.3) is 0 Å². The first kappa shape index (κ1) is 24.7. The van der Waals surface area contributed by atoms with Gasteiger partial charge < -0.3 is 14.8 Å². The van der Waals surface area contributed by atoms with Gasteiger partial charge in [-0.1, -0.05) is 48.5 Å². The van der Waals surface area contributed by atoms with Gasteiger partial charge in [0.05, 0.1) is 5.56 Å². The Bertz CT molecular complexity index is 1250. The fourth-order valence-electron chi connectivity index (χ4n) is 5.45. The van der Waals surface area contributed by atoms with Crippen LogP contribution >= 0.6 is 0 Å². The lowest BCUT2D eigenvalue weighted by Crippen LogP contribution is -2.40. The summed E-state index contributed by atoms with van der Waals surface area (Å²) in [5, 5.41) is 3.69. The van der Waals surface area contributed by atoms with Gasteiger partial charge in [-0.05, 0) is 57.4 Å². The normalized spacial score (nSPS) is 22.1. The fourth-order valence-corrected chi connectivity index (χ4v) is 5.45. The summed E-state index contributed by atoms with van der Waals surface area (Å²) < 4.78 is 53.2.